The number of halogens is 1. The Morgan fingerprint density at radius 1 is 1.44 bits per heavy atom. The average Bonchev–Trinajstić information content (AvgIpc) is 2.72. The topological polar surface area (TPSA) is 12.0 Å². The van der Waals surface area contributed by atoms with E-state index in [2.05, 4.69) is 25.2 Å². The van der Waals surface area contributed by atoms with Crippen LogP contribution >= 0.6 is 0 Å². The van der Waals surface area contributed by atoms with E-state index in [9.17, 15) is 4.39 Å². The monoisotopic (exact) mass is 249 g/mol. The van der Waals surface area contributed by atoms with E-state index < -0.39 is 0 Å². The fourth-order valence-electron chi connectivity index (χ4n) is 3.33. The van der Waals surface area contributed by atoms with E-state index in [1.54, 1.807) is 6.07 Å². The summed E-state index contributed by atoms with van der Waals surface area (Å²) in [6.07, 6.45) is 4.83. The molecule has 2 unspecified atom stereocenters. The summed E-state index contributed by atoms with van der Waals surface area (Å²) >= 11 is 0. The molecule has 0 spiro atoms. The van der Waals surface area contributed by atoms with Gasteiger partial charge in [-0.25, -0.2) is 4.39 Å². The van der Waals surface area contributed by atoms with Crippen molar-refractivity contribution in [3.05, 3.63) is 35.6 Å². The van der Waals surface area contributed by atoms with E-state index in [0.29, 0.717) is 5.92 Å². The molecule has 1 fully saturated rings. The van der Waals surface area contributed by atoms with Crippen molar-refractivity contribution >= 4 is 0 Å². The molecule has 0 amide bonds. The van der Waals surface area contributed by atoms with Crippen molar-refractivity contribution in [3.8, 4) is 0 Å². The molecule has 100 valence electrons. The minimum absolute atomic E-state index is 0.110. The second-order valence-corrected chi connectivity index (χ2v) is 5.64. The molecule has 0 aliphatic heterocycles. The zero-order valence-electron chi connectivity index (χ0n) is 11.5. The van der Waals surface area contributed by atoms with Crippen LogP contribution in [0, 0.1) is 11.7 Å². The number of hydrogen-bond donors (Lipinski definition) is 1. The molecule has 1 nitrogen and oxygen atoms in total. The van der Waals surface area contributed by atoms with Crippen LogP contribution in [0.5, 0.6) is 0 Å². The molecular weight excluding hydrogens is 225 g/mol. The van der Waals surface area contributed by atoms with Crippen LogP contribution in [-0.4, -0.2) is 13.1 Å². The maximum Gasteiger partial charge on any atom is 0.123 e. The highest BCUT2D eigenvalue weighted by Crippen LogP contribution is 2.45. The first-order chi connectivity index (χ1) is 8.69. The Bertz CT molecular complexity index is 390. The van der Waals surface area contributed by atoms with Crippen LogP contribution < -0.4 is 5.32 Å². The van der Waals surface area contributed by atoms with Crippen LogP contribution in [0.25, 0.3) is 0 Å². The highest BCUT2D eigenvalue weighted by molar-refractivity contribution is 5.29. The van der Waals surface area contributed by atoms with Crippen molar-refractivity contribution in [2.45, 2.75) is 44.9 Å². The smallest absolute Gasteiger partial charge is 0.123 e. The molecule has 1 aromatic rings. The number of benzene rings is 1. The quantitative estimate of drug-likeness (QED) is 0.781. The fourth-order valence-corrected chi connectivity index (χ4v) is 3.33. The standard InChI is InChI=1S/C16H24FN/c1-3-10-18-12-16(9-5-6-13(16)2)14-7-4-8-15(17)11-14/h4,7-8,11,13,18H,3,5-6,9-10,12H2,1-2H3. The average molecular weight is 249 g/mol. The molecule has 0 aromatic heterocycles. The molecule has 0 heterocycles. The van der Waals surface area contributed by atoms with Gasteiger partial charge in [0.05, 0.1) is 0 Å². The second-order valence-electron chi connectivity index (χ2n) is 5.64. The van der Waals surface area contributed by atoms with Crippen molar-refractivity contribution in [1.29, 1.82) is 0 Å². The van der Waals surface area contributed by atoms with Gasteiger partial charge in [0.2, 0.25) is 0 Å². The molecule has 1 saturated carbocycles. The lowest BCUT2D eigenvalue weighted by atomic mass is 9.73. The lowest BCUT2D eigenvalue weighted by molar-refractivity contribution is 0.317. The summed E-state index contributed by atoms with van der Waals surface area (Å²) in [5.41, 5.74) is 1.31. The molecule has 2 heteroatoms. The molecule has 18 heavy (non-hydrogen) atoms. The molecule has 1 aliphatic carbocycles. The van der Waals surface area contributed by atoms with Gasteiger partial charge in [0.1, 0.15) is 5.82 Å². The Morgan fingerprint density at radius 3 is 2.89 bits per heavy atom. The summed E-state index contributed by atoms with van der Waals surface area (Å²) in [5.74, 6) is 0.519. The van der Waals surface area contributed by atoms with Gasteiger partial charge in [0.25, 0.3) is 0 Å². The Kier molecular flexibility index (Phi) is 4.39. The number of hydrogen-bond acceptors (Lipinski definition) is 1. The molecule has 2 atom stereocenters. The van der Waals surface area contributed by atoms with E-state index in [-0.39, 0.29) is 11.2 Å². The molecule has 2 rings (SSSR count). The molecule has 0 bridgehead atoms. The molecule has 1 aromatic carbocycles. The third kappa shape index (κ3) is 2.59. The highest BCUT2D eigenvalue weighted by atomic mass is 19.1. The van der Waals surface area contributed by atoms with Crippen molar-refractivity contribution < 1.29 is 4.39 Å². The first-order valence-corrected chi connectivity index (χ1v) is 7.16. The van der Waals surface area contributed by atoms with Crippen LogP contribution in [0.2, 0.25) is 0 Å². The van der Waals surface area contributed by atoms with Crippen molar-refractivity contribution in [2.24, 2.45) is 5.92 Å². The van der Waals surface area contributed by atoms with Gasteiger partial charge < -0.3 is 5.32 Å². The van der Waals surface area contributed by atoms with Gasteiger partial charge in [-0.05, 0) is 49.4 Å². The van der Waals surface area contributed by atoms with Crippen LogP contribution in [0.1, 0.15) is 45.1 Å². The van der Waals surface area contributed by atoms with Gasteiger partial charge in [-0.3, -0.25) is 0 Å². The Hall–Kier alpha value is -0.890. The van der Waals surface area contributed by atoms with Gasteiger partial charge >= 0.3 is 0 Å². The van der Waals surface area contributed by atoms with Gasteiger partial charge in [-0.15, -0.1) is 0 Å². The Balaban J connectivity index is 2.24. The van der Waals surface area contributed by atoms with Crippen molar-refractivity contribution in [3.63, 3.8) is 0 Å². The summed E-state index contributed by atoms with van der Waals surface area (Å²) < 4.78 is 13.5. The summed E-state index contributed by atoms with van der Waals surface area (Å²) in [6.45, 7) is 6.51. The summed E-state index contributed by atoms with van der Waals surface area (Å²) in [4.78, 5) is 0. The van der Waals surface area contributed by atoms with Gasteiger partial charge in [-0.2, -0.15) is 0 Å². The second kappa shape index (κ2) is 5.83. The molecule has 1 N–H and O–H groups in total. The van der Waals surface area contributed by atoms with E-state index in [1.165, 1.54) is 30.9 Å². The third-order valence-electron chi connectivity index (χ3n) is 4.47. The van der Waals surface area contributed by atoms with E-state index >= 15 is 0 Å². The predicted molar refractivity (Wildman–Crippen MR) is 74.3 cm³/mol. The molecule has 1 aliphatic rings. The summed E-state index contributed by atoms with van der Waals surface area (Å²) in [7, 11) is 0. The number of rotatable bonds is 5. The highest BCUT2D eigenvalue weighted by Gasteiger charge is 2.41. The lowest BCUT2D eigenvalue weighted by Gasteiger charge is -2.35. The first kappa shape index (κ1) is 13.5. The largest absolute Gasteiger partial charge is 0.316 e. The van der Waals surface area contributed by atoms with Crippen LogP contribution in [0.4, 0.5) is 4.39 Å². The van der Waals surface area contributed by atoms with E-state index in [0.717, 1.165) is 19.5 Å². The number of nitrogens with one attached hydrogen (secondary N) is 1. The van der Waals surface area contributed by atoms with E-state index in [4.69, 9.17) is 0 Å². The van der Waals surface area contributed by atoms with Gasteiger partial charge in [0, 0.05) is 12.0 Å². The third-order valence-corrected chi connectivity index (χ3v) is 4.47. The predicted octanol–water partition coefficient (Wildman–Crippen LogP) is 3.88. The van der Waals surface area contributed by atoms with E-state index in [1.807, 2.05) is 6.07 Å². The van der Waals surface area contributed by atoms with Crippen LogP contribution in [-0.2, 0) is 5.41 Å². The first-order valence-electron chi connectivity index (χ1n) is 7.16. The van der Waals surface area contributed by atoms with Crippen LogP contribution in [0.15, 0.2) is 24.3 Å². The maximum atomic E-state index is 13.5. The normalized spacial score (nSPS) is 27.6. The minimum Gasteiger partial charge on any atom is -0.316 e. The van der Waals surface area contributed by atoms with Gasteiger partial charge in [-0.1, -0.05) is 32.4 Å². The van der Waals surface area contributed by atoms with Crippen molar-refractivity contribution in [1.82, 2.24) is 5.32 Å². The SMILES string of the molecule is CCCNCC1(c2cccc(F)c2)CCCC1C. The molecule has 0 radical (unpaired) electrons. The Morgan fingerprint density at radius 2 is 2.28 bits per heavy atom. The summed E-state index contributed by atoms with van der Waals surface area (Å²) in [6, 6.07) is 7.21. The van der Waals surface area contributed by atoms with Crippen LogP contribution in [0.3, 0.4) is 0 Å². The lowest BCUT2D eigenvalue weighted by Crippen LogP contribution is -2.40. The maximum absolute atomic E-state index is 13.5. The zero-order chi connectivity index (χ0) is 13.0. The minimum atomic E-state index is -0.110. The fraction of sp³-hybridized carbons (Fsp3) is 0.625. The van der Waals surface area contributed by atoms with Gasteiger partial charge in [0.15, 0.2) is 0 Å². The molecular formula is C16H24FN. The summed E-state index contributed by atoms with van der Waals surface area (Å²) in [5, 5.41) is 3.54. The zero-order valence-corrected chi connectivity index (χ0v) is 11.5. The Labute approximate surface area is 110 Å². The molecule has 0 saturated heterocycles. The van der Waals surface area contributed by atoms with Crippen molar-refractivity contribution in [2.75, 3.05) is 13.1 Å².